The van der Waals surface area contributed by atoms with Gasteiger partial charge in [-0.15, -0.1) is 0 Å². The van der Waals surface area contributed by atoms with E-state index in [1.54, 1.807) is 6.07 Å². The van der Waals surface area contributed by atoms with E-state index >= 15 is 0 Å². The lowest BCUT2D eigenvalue weighted by atomic mass is 10.0. The summed E-state index contributed by atoms with van der Waals surface area (Å²) in [6, 6.07) is 7.57. The van der Waals surface area contributed by atoms with Crippen LogP contribution in [-0.2, 0) is 11.2 Å². The normalized spacial score (nSPS) is 10.8. The molecule has 0 fully saturated rings. The molecule has 2 rings (SSSR count). The van der Waals surface area contributed by atoms with Gasteiger partial charge >= 0.3 is 5.97 Å². The Hall–Kier alpha value is -2.10. The lowest BCUT2D eigenvalue weighted by molar-refractivity contribution is 0.0594. The highest BCUT2D eigenvalue weighted by Gasteiger charge is 2.13. The molecule has 0 radical (unpaired) electrons. The van der Waals surface area contributed by atoms with Gasteiger partial charge in [-0.05, 0) is 30.5 Å². The van der Waals surface area contributed by atoms with Gasteiger partial charge in [-0.2, -0.15) is 0 Å². The van der Waals surface area contributed by atoms with Crippen molar-refractivity contribution in [3.63, 3.8) is 0 Å². The first kappa shape index (κ1) is 15.3. The summed E-state index contributed by atoms with van der Waals surface area (Å²) in [4.78, 5) is 16.1. The van der Waals surface area contributed by atoms with Gasteiger partial charge in [0.15, 0.2) is 0 Å². The van der Waals surface area contributed by atoms with Gasteiger partial charge in [-0.1, -0.05) is 38.3 Å². The summed E-state index contributed by atoms with van der Waals surface area (Å²) in [6.45, 7) is 2.19. The van der Waals surface area contributed by atoms with Crippen LogP contribution in [0, 0.1) is 0 Å². The van der Waals surface area contributed by atoms with Gasteiger partial charge in [-0.25, -0.2) is 9.78 Å². The van der Waals surface area contributed by atoms with E-state index in [2.05, 4.69) is 11.9 Å². The number of ether oxygens (including phenoxy) is 1. The molecule has 1 aromatic heterocycles. The largest absolute Gasteiger partial charge is 0.464 e. The molecule has 21 heavy (non-hydrogen) atoms. The monoisotopic (exact) mass is 286 g/mol. The van der Waals surface area contributed by atoms with Crippen LogP contribution in [0.5, 0.6) is 0 Å². The third-order valence-corrected chi connectivity index (χ3v) is 3.65. The zero-order valence-electron chi connectivity index (χ0n) is 12.7. The Kier molecular flexibility index (Phi) is 5.14. The molecule has 0 aliphatic heterocycles. The number of hydrogen-bond donors (Lipinski definition) is 1. The number of anilines is 1. The molecule has 0 spiro atoms. The van der Waals surface area contributed by atoms with Crippen LogP contribution in [0.1, 0.15) is 48.7 Å². The molecule has 0 unspecified atom stereocenters. The summed E-state index contributed by atoms with van der Waals surface area (Å²) in [7, 11) is 1.36. The third kappa shape index (κ3) is 3.51. The molecule has 112 valence electrons. The number of benzene rings is 1. The van der Waals surface area contributed by atoms with Crippen molar-refractivity contribution < 1.29 is 9.53 Å². The second kappa shape index (κ2) is 7.07. The summed E-state index contributed by atoms with van der Waals surface area (Å²) < 4.78 is 4.78. The minimum atomic E-state index is -0.421. The first-order valence-electron chi connectivity index (χ1n) is 7.43. The van der Waals surface area contributed by atoms with Gasteiger partial charge in [0.1, 0.15) is 5.69 Å². The quantitative estimate of drug-likeness (QED) is 0.499. The number of aryl methyl sites for hydroxylation is 1. The molecular formula is C17H22N2O2. The number of unbranched alkanes of at least 4 members (excludes halogenated alkanes) is 3. The van der Waals surface area contributed by atoms with Gasteiger partial charge in [0, 0.05) is 5.39 Å². The first-order valence-corrected chi connectivity index (χ1v) is 7.43. The number of methoxy groups -OCH3 is 1. The number of para-hydroxylation sites is 1. The number of rotatable bonds is 6. The molecule has 4 nitrogen and oxygen atoms in total. The van der Waals surface area contributed by atoms with E-state index in [0.717, 1.165) is 23.8 Å². The van der Waals surface area contributed by atoms with Crippen molar-refractivity contribution in [3.05, 3.63) is 35.5 Å². The third-order valence-electron chi connectivity index (χ3n) is 3.65. The number of hydrogen-bond acceptors (Lipinski definition) is 4. The second-order valence-electron chi connectivity index (χ2n) is 5.21. The number of carbonyl (C=O) groups is 1. The highest BCUT2D eigenvalue weighted by Crippen LogP contribution is 2.25. The number of carbonyl (C=O) groups excluding carboxylic acids is 1. The van der Waals surface area contributed by atoms with Crippen LogP contribution in [0.4, 0.5) is 5.69 Å². The Labute approximate surface area is 125 Å². The van der Waals surface area contributed by atoms with Gasteiger partial charge < -0.3 is 10.5 Å². The van der Waals surface area contributed by atoms with Gasteiger partial charge in [0.05, 0.1) is 18.3 Å². The molecular weight excluding hydrogens is 264 g/mol. The maximum absolute atomic E-state index is 11.8. The fourth-order valence-corrected chi connectivity index (χ4v) is 2.50. The summed E-state index contributed by atoms with van der Waals surface area (Å²) in [5.74, 6) is -0.421. The molecule has 0 atom stereocenters. The van der Waals surface area contributed by atoms with Crippen LogP contribution in [-0.4, -0.2) is 18.1 Å². The van der Waals surface area contributed by atoms with Crippen molar-refractivity contribution in [1.82, 2.24) is 4.98 Å². The van der Waals surface area contributed by atoms with E-state index in [-0.39, 0.29) is 0 Å². The van der Waals surface area contributed by atoms with Crippen LogP contribution in [0.15, 0.2) is 24.3 Å². The molecule has 0 amide bonds. The summed E-state index contributed by atoms with van der Waals surface area (Å²) in [5, 5.41) is 1.03. The smallest absolute Gasteiger partial charge is 0.356 e. The number of nitrogen functional groups attached to an aromatic ring is 1. The summed E-state index contributed by atoms with van der Waals surface area (Å²) in [5.41, 5.74) is 8.72. The van der Waals surface area contributed by atoms with E-state index in [0.29, 0.717) is 16.9 Å². The zero-order valence-corrected chi connectivity index (χ0v) is 12.7. The number of esters is 1. The number of fused-ring (bicyclic) bond motifs is 1. The first-order chi connectivity index (χ1) is 10.2. The maximum Gasteiger partial charge on any atom is 0.356 e. The lowest BCUT2D eigenvalue weighted by Gasteiger charge is -2.10. The number of nitrogens with zero attached hydrogens (tertiary/aromatic N) is 1. The Morgan fingerprint density at radius 3 is 2.81 bits per heavy atom. The molecule has 1 heterocycles. The fraction of sp³-hybridized carbons (Fsp3) is 0.412. The summed E-state index contributed by atoms with van der Waals surface area (Å²) >= 11 is 0. The van der Waals surface area contributed by atoms with Crippen LogP contribution < -0.4 is 5.73 Å². The maximum atomic E-state index is 11.8. The topological polar surface area (TPSA) is 65.2 Å². The highest BCUT2D eigenvalue weighted by atomic mass is 16.5. The Morgan fingerprint density at radius 1 is 1.29 bits per heavy atom. The second-order valence-corrected chi connectivity index (χ2v) is 5.21. The van der Waals surface area contributed by atoms with Crippen LogP contribution in [0.3, 0.4) is 0 Å². The minimum absolute atomic E-state index is 0.327. The average Bonchev–Trinajstić information content (AvgIpc) is 2.51. The van der Waals surface area contributed by atoms with E-state index in [1.165, 1.54) is 26.4 Å². The van der Waals surface area contributed by atoms with Crippen LogP contribution in [0.25, 0.3) is 10.9 Å². The van der Waals surface area contributed by atoms with Crippen LogP contribution in [0.2, 0.25) is 0 Å². The highest BCUT2D eigenvalue weighted by molar-refractivity contribution is 5.96. The van der Waals surface area contributed by atoms with Crippen molar-refractivity contribution in [3.8, 4) is 0 Å². The standard InChI is InChI=1S/C17H22N2O2/c1-3-4-5-6-8-12-11-15(17(20)21-2)19-16-13(12)9-7-10-14(16)18/h7,9-11H,3-6,8,18H2,1-2H3. The molecule has 4 heteroatoms. The molecule has 2 aromatic rings. The van der Waals surface area contributed by atoms with Gasteiger partial charge in [0.25, 0.3) is 0 Å². The number of pyridine rings is 1. The summed E-state index contributed by atoms with van der Waals surface area (Å²) in [6.07, 6.45) is 5.65. The van der Waals surface area contributed by atoms with E-state index in [1.807, 2.05) is 18.2 Å². The molecule has 0 saturated carbocycles. The minimum Gasteiger partial charge on any atom is -0.464 e. The SMILES string of the molecule is CCCCCCc1cc(C(=O)OC)nc2c(N)cccc12. The van der Waals surface area contributed by atoms with E-state index < -0.39 is 5.97 Å². The Balaban J connectivity index is 2.40. The predicted octanol–water partition coefficient (Wildman–Crippen LogP) is 3.73. The Bertz CT molecular complexity index is 638. The Morgan fingerprint density at radius 2 is 2.10 bits per heavy atom. The van der Waals surface area contributed by atoms with Crippen molar-refractivity contribution in [2.45, 2.75) is 39.0 Å². The van der Waals surface area contributed by atoms with E-state index in [4.69, 9.17) is 10.5 Å². The zero-order chi connectivity index (χ0) is 15.2. The van der Waals surface area contributed by atoms with Crippen molar-refractivity contribution >= 4 is 22.6 Å². The van der Waals surface area contributed by atoms with Gasteiger partial charge in [-0.3, -0.25) is 0 Å². The lowest BCUT2D eigenvalue weighted by Crippen LogP contribution is -2.07. The van der Waals surface area contributed by atoms with Crippen molar-refractivity contribution in [2.24, 2.45) is 0 Å². The van der Waals surface area contributed by atoms with Crippen molar-refractivity contribution in [1.29, 1.82) is 0 Å². The predicted molar refractivity (Wildman–Crippen MR) is 85.3 cm³/mol. The molecule has 0 saturated heterocycles. The average molecular weight is 286 g/mol. The fourth-order valence-electron chi connectivity index (χ4n) is 2.50. The molecule has 1 aromatic carbocycles. The van der Waals surface area contributed by atoms with E-state index in [9.17, 15) is 4.79 Å². The molecule has 0 aliphatic rings. The van der Waals surface area contributed by atoms with Crippen molar-refractivity contribution in [2.75, 3.05) is 12.8 Å². The van der Waals surface area contributed by atoms with Gasteiger partial charge in [0.2, 0.25) is 0 Å². The number of nitrogens with two attached hydrogens (primary N) is 1. The number of aromatic nitrogens is 1. The molecule has 0 bridgehead atoms. The molecule has 2 N–H and O–H groups in total. The molecule has 0 aliphatic carbocycles. The van der Waals surface area contributed by atoms with Crippen LogP contribution >= 0.6 is 0 Å².